The Morgan fingerprint density at radius 2 is 2.22 bits per heavy atom. The Hall–Kier alpha value is -2.62. The third-order valence-electron chi connectivity index (χ3n) is 3.05. The van der Waals surface area contributed by atoms with E-state index in [4.69, 9.17) is 4.74 Å². The Kier molecular flexibility index (Phi) is 5.16. The summed E-state index contributed by atoms with van der Waals surface area (Å²) in [6.07, 6.45) is 0. The van der Waals surface area contributed by atoms with Crippen LogP contribution in [-0.4, -0.2) is 38.5 Å². The van der Waals surface area contributed by atoms with Crippen molar-refractivity contribution in [2.75, 3.05) is 18.2 Å². The molecule has 1 aromatic carbocycles. The molecule has 1 N–H and O–H groups in total. The minimum atomic E-state index is -0.527. The van der Waals surface area contributed by atoms with Crippen molar-refractivity contribution < 1.29 is 14.5 Å². The molecular weight excluding hydrogens is 322 g/mol. The number of non-ortho nitro benzene ring substituents is 1. The molecular formula is C13H15N5O4S. The Balaban J connectivity index is 2.02. The van der Waals surface area contributed by atoms with E-state index < -0.39 is 4.92 Å². The zero-order valence-electron chi connectivity index (χ0n) is 12.8. The van der Waals surface area contributed by atoms with Crippen LogP contribution in [0.2, 0.25) is 0 Å². The minimum absolute atomic E-state index is 0.108. The van der Waals surface area contributed by atoms with Crippen molar-refractivity contribution >= 4 is 29.0 Å². The standard InChI is InChI=1S/C13H15N5O4S/c1-8-15-16-13(17(8)2)23-7-12(19)14-10-5-4-9(18(20)21)6-11(10)22-3/h4-6H,7H2,1-3H3,(H,14,19). The first kappa shape index (κ1) is 16.7. The number of carbonyl (C=O) groups is 1. The third-order valence-corrected chi connectivity index (χ3v) is 4.08. The molecule has 0 aliphatic heterocycles. The van der Waals surface area contributed by atoms with Gasteiger partial charge in [0.15, 0.2) is 5.16 Å². The molecule has 0 radical (unpaired) electrons. The SMILES string of the molecule is COc1cc([N+](=O)[O-])ccc1NC(=O)CSc1nnc(C)n1C. The van der Waals surface area contributed by atoms with Gasteiger partial charge >= 0.3 is 0 Å². The molecule has 1 aromatic heterocycles. The van der Waals surface area contributed by atoms with Crippen LogP contribution in [0, 0.1) is 17.0 Å². The number of aromatic nitrogens is 3. The molecule has 2 rings (SSSR count). The van der Waals surface area contributed by atoms with Crippen LogP contribution in [-0.2, 0) is 11.8 Å². The van der Waals surface area contributed by atoms with Crippen molar-refractivity contribution in [3.05, 3.63) is 34.1 Å². The Bertz CT molecular complexity index is 746. The summed E-state index contributed by atoms with van der Waals surface area (Å²) in [6.45, 7) is 1.82. The van der Waals surface area contributed by atoms with E-state index in [0.717, 1.165) is 5.82 Å². The first-order chi connectivity index (χ1) is 10.9. The maximum atomic E-state index is 12.0. The summed E-state index contributed by atoms with van der Waals surface area (Å²) in [5.41, 5.74) is 0.265. The highest BCUT2D eigenvalue weighted by molar-refractivity contribution is 7.99. The van der Waals surface area contributed by atoms with Crippen LogP contribution in [0.1, 0.15) is 5.82 Å². The average molecular weight is 337 g/mol. The van der Waals surface area contributed by atoms with E-state index in [-0.39, 0.29) is 23.1 Å². The van der Waals surface area contributed by atoms with Crippen molar-refractivity contribution in [3.63, 3.8) is 0 Å². The first-order valence-corrected chi connectivity index (χ1v) is 7.52. The van der Waals surface area contributed by atoms with Gasteiger partial charge in [-0.1, -0.05) is 11.8 Å². The van der Waals surface area contributed by atoms with E-state index in [1.54, 1.807) is 4.57 Å². The lowest BCUT2D eigenvalue weighted by Crippen LogP contribution is -2.15. The minimum Gasteiger partial charge on any atom is -0.494 e. The molecule has 9 nitrogen and oxygen atoms in total. The number of nitro benzene ring substituents is 1. The van der Waals surface area contributed by atoms with E-state index in [1.165, 1.54) is 37.1 Å². The van der Waals surface area contributed by atoms with Crippen LogP contribution in [0.4, 0.5) is 11.4 Å². The fraction of sp³-hybridized carbons (Fsp3) is 0.308. The van der Waals surface area contributed by atoms with Gasteiger partial charge in [0.2, 0.25) is 5.91 Å². The van der Waals surface area contributed by atoms with Crippen molar-refractivity contribution in [1.29, 1.82) is 0 Å². The summed E-state index contributed by atoms with van der Waals surface area (Å²) in [6, 6.07) is 4.00. The number of rotatable bonds is 6. The average Bonchev–Trinajstić information content (AvgIpc) is 2.84. The summed E-state index contributed by atoms with van der Waals surface area (Å²) < 4.78 is 6.85. The highest BCUT2D eigenvalue weighted by Crippen LogP contribution is 2.29. The number of hydrogen-bond acceptors (Lipinski definition) is 7. The molecule has 1 amide bonds. The summed E-state index contributed by atoms with van der Waals surface area (Å²) in [5.74, 6) is 0.839. The molecule has 0 aliphatic rings. The van der Waals surface area contributed by atoms with Crippen LogP contribution in [0.15, 0.2) is 23.4 Å². The monoisotopic (exact) mass is 337 g/mol. The molecule has 0 saturated carbocycles. The number of anilines is 1. The summed E-state index contributed by atoms with van der Waals surface area (Å²) in [5, 5.41) is 21.9. The third kappa shape index (κ3) is 3.97. The second-order valence-corrected chi connectivity index (χ2v) is 5.51. The fourth-order valence-corrected chi connectivity index (χ4v) is 2.48. The van der Waals surface area contributed by atoms with Gasteiger partial charge in [-0.05, 0) is 13.0 Å². The molecule has 0 saturated heterocycles. The molecule has 0 aliphatic carbocycles. The first-order valence-electron chi connectivity index (χ1n) is 6.53. The number of hydrogen-bond donors (Lipinski definition) is 1. The highest BCUT2D eigenvalue weighted by atomic mass is 32.2. The number of benzene rings is 1. The predicted molar refractivity (Wildman–Crippen MR) is 84.7 cm³/mol. The van der Waals surface area contributed by atoms with Gasteiger partial charge in [-0.2, -0.15) is 0 Å². The van der Waals surface area contributed by atoms with Gasteiger partial charge in [0.05, 0.1) is 29.5 Å². The molecule has 0 spiro atoms. The highest BCUT2D eigenvalue weighted by Gasteiger charge is 2.14. The molecule has 122 valence electrons. The van der Waals surface area contributed by atoms with E-state index in [9.17, 15) is 14.9 Å². The van der Waals surface area contributed by atoms with Gasteiger partial charge in [-0.15, -0.1) is 10.2 Å². The number of methoxy groups -OCH3 is 1. The quantitative estimate of drug-likeness (QED) is 0.485. The van der Waals surface area contributed by atoms with Gasteiger partial charge in [-0.3, -0.25) is 14.9 Å². The predicted octanol–water partition coefficient (Wildman–Crippen LogP) is 1.77. The summed E-state index contributed by atoms with van der Waals surface area (Å²) >= 11 is 1.24. The van der Waals surface area contributed by atoms with Gasteiger partial charge in [0, 0.05) is 13.1 Å². The maximum absolute atomic E-state index is 12.0. The zero-order valence-corrected chi connectivity index (χ0v) is 13.6. The van der Waals surface area contributed by atoms with Crippen molar-refractivity contribution in [3.8, 4) is 5.75 Å². The molecule has 10 heteroatoms. The molecule has 23 heavy (non-hydrogen) atoms. The number of nitro groups is 1. The number of amides is 1. The molecule has 1 heterocycles. The fourth-order valence-electron chi connectivity index (χ4n) is 1.73. The molecule has 0 unspecified atom stereocenters. The van der Waals surface area contributed by atoms with Crippen molar-refractivity contribution in [2.45, 2.75) is 12.1 Å². The van der Waals surface area contributed by atoms with Crippen LogP contribution < -0.4 is 10.1 Å². The van der Waals surface area contributed by atoms with Gasteiger partial charge in [0.1, 0.15) is 11.6 Å². The molecule has 2 aromatic rings. The number of thioether (sulfide) groups is 1. The number of nitrogens with zero attached hydrogens (tertiary/aromatic N) is 4. The number of aryl methyl sites for hydroxylation is 1. The topological polar surface area (TPSA) is 112 Å². The van der Waals surface area contributed by atoms with Crippen LogP contribution in [0.25, 0.3) is 0 Å². The second kappa shape index (κ2) is 7.09. The van der Waals surface area contributed by atoms with E-state index in [2.05, 4.69) is 15.5 Å². The molecule has 0 fully saturated rings. The van der Waals surface area contributed by atoms with Gasteiger partial charge < -0.3 is 14.6 Å². The van der Waals surface area contributed by atoms with Crippen LogP contribution >= 0.6 is 11.8 Å². The number of nitrogens with one attached hydrogen (secondary N) is 1. The van der Waals surface area contributed by atoms with E-state index in [0.29, 0.717) is 10.8 Å². The second-order valence-electron chi connectivity index (χ2n) is 4.57. The molecule has 0 atom stereocenters. The largest absolute Gasteiger partial charge is 0.494 e. The van der Waals surface area contributed by atoms with Gasteiger partial charge in [-0.25, -0.2) is 0 Å². The van der Waals surface area contributed by atoms with E-state index >= 15 is 0 Å². The summed E-state index contributed by atoms with van der Waals surface area (Å²) in [4.78, 5) is 22.2. The lowest BCUT2D eigenvalue weighted by Gasteiger charge is -2.09. The van der Waals surface area contributed by atoms with Crippen LogP contribution in [0.5, 0.6) is 5.75 Å². The van der Waals surface area contributed by atoms with Crippen LogP contribution in [0.3, 0.4) is 0 Å². The number of ether oxygens (including phenoxy) is 1. The van der Waals surface area contributed by atoms with Gasteiger partial charge in [0.25, 0.3) is 5.69 Å². The number of carbonyl (C=O) groups excluding carboxylic acids is 1. The Morgan fingerprint density at radius 1 is 1.48 bits per heavy atom. The summed E-state index contributed by atoms with van der Waals surface area (Å²) in [7, 11) is 3.20. The van der Waals surface area contributed by atoms with Crippen molar-refractivity contribution in [2.24, 2.45) is 7.05 Å². The Morgan fingerprint density at radius 3 is 2.78 bits per heavy atom. The maximum Gasteiger partial charge on any atom is 0.273 e. The lowest BCUT2D eigenvalue weighted by atomic mass is 10.2. The zero-order chi connectivity index (χ0) is 17.0. The van der Waals surface area contributed by atoms with E-state index in [1.807, 2.05) is 14.0 Å². The van der Waals surface area contributed by atoms with Crippen molar-refractivity contribution in [1.82, 2.24) is 14.8 Å². The molecule has 0 bridgehead atoms. The Labute approximate surface area is 136 Å². The lowest BCUT2D eigenvalue weighted by molar-refractivity contribution is -0.384. The smallest absolute Gasteiger partial charge is 0.273 e. The normalized spacial score (nSPS) is 10.4.